The summed E-state index contributed by atoms with van der Waals surface area (Å²) in [6.45, 7) is 5.03. The Morgan fingerprint density at radius 2 is 2.08 bits per heavy atom. The monoisotopic (exact) mass is 205 g/mol. The van der Waals surface area contributed by atoms with E-state index in [1.54, 1.807) is 0 Å². The summed E-state index contributed by atoms with van der Waals surface area (Å²) in [6, 6.07) is 0. The van der Waals surface area contributed by atoms with Gasteiger partial charge in [-0.3, -0.25) is 4.79 Å². The lowest BCUT2D eigenvalue weighted by Crippen LogP contribution is -2.16. The number of carbonyl (C=O) groups is 1. The van der Waals surface area contributed by atoms with Crippen LogP contribution in [0.25, 0.3) is 0 Å². The van der Waals surface area contributed by atoms with E-state index in [1.807, 2.05) is 0 Å². The largest absolute Gasteiger partial charge is 0.481 e. The van der Waals surface area contributed by atoms with Crippen LogP contribution >= 0.6 is 11.6 Å². The average molecular weight is 206 g/mol. The summed E-state index contributed by atoms with van der Waals surface area (Å²) in [5, 5.41) is 12.0. The van der Waals surface area contributed by atoms with Crippen molar-refractivity contribution in [1.29, 1.82) is 0 Å². The van der Waals surface area contributed by atoms with Crippen LogP contribution in [0.1, 0.15) is 25.7 Å². The molecular formula is C9H16ClNO2. The third kappa shape index (κ3) is 11.5. The minimum Gasteiger partial charge on any atom is -0.481 e. The van der Waals surface area contributed by atoms with Crippen LogP contribution in [-0.4, -0.2) is 24.2 Å². The molecule has 0 rings (SSSR count). The predicted molar refractivity (Wildman–Crippen MR) is 54.0 cm³/mol. The van der Waals surface area contributed by atoms with E-state index in [0.717, 1.165) is 25.8 Å². The molecule has 76 valence electrons. The van der Waals surface area contributed by atoms with Gasteiger partial charge in [0.05, 0.1) is 0 Å². The summed E-state index contributed by atoms with van der Waals surface area (Å²) < 4.78 is 0. The Morgan fingerprint density at radius 1 is 1.38 bits per heavy atom. The van der Waals surface area contributed by atoms with Crippen LogP contribution < -0.4 is 5.32 Å². The van der Waals surface area contributed by atoms with E-state index in [4.69, 9.17) is 16.7 Å². The van der Waals surface area contributed by atoms with Gasteiger partial charge in [-0.15, -0.1) is 0 Å². The van der Waals surface area contributed by atoms with E-state index in [9.17, 15) is 4.79 Å². The number of unbranched alkanes of at least 4 members (excludes halogenated alkanes) is 2. The molecule has 0 spiro atoms. The van der Waals surface area contributed by atoms with Crippen LogP contribution in [0.3, 0.4) is 0 Å². The van der Waals surface area contributed by atoms with Crippen LogP contribution in [0.2, 0.25) is 0 Å². The Bertz CT molecular complexity index is 153. The molecule has 0 aromatic heterocycles. The number of carboxylic acid groups (broad SMARTS) is 1. The number of carboxylic acids is 1. The van der Waals surface area contributed by atoms with E-state index >= 15 is 0 Å². The number of aliphatic carboxylic acids is 1. The average Bonchev–Trinajstić information content (AvgIpc) is 2.01. The summed E-state index contributed by atoms with van der Waals surface area (Å²) in [6.07, 6.45) is 2.94. The van der Waals surface area contributed by atoms with Crippen molar-refractivity contribution in [2.45, 2.75) is 25.7 Å². The molecule has 0 aliphatic heterocycles. The Balaban J connectivity index is 3.00. The molecule has 0 aromatic rings. The molecule has 0 aliphatic carbocycles. The molecule has 0 fully saturated rings. The lowest BCUT2D eigenvalue weighted by Gasteiger charge is -2.01. The SMILES string of the molecule is C=C(Cl)CNCCCCCC(=O)O. The van der Waals surface area contributed by atoms with Gasteiger partial charge in [-0.1, -0.05) is 24.6 Å². The maximum absolute atomic E-state index is 10.1. The summed E-state index contributed by atoms with van der Waals surface area (Å²) in [4.78, 5) is 10.1. The van der Waals surface area contributed by atoms with Crippen LogP contribution in [0.15, 0.2) is 11.6 Å². The number of hydrogen-bond donors (Lipinski definition) is 2. The van der Waals surface area contributed by atoms with Crippen molar-refractivity contribution in [3.05, 3.63) is 11.6 Å². The van der Waals surface area contributed by atoms with Crippen LogP contribution in [0.5, 0.6) is 0 Å². The number of nitrogens with one attached hydrogen (secondary N) is 1. The van der Waals surface area contributed by atoms with Crippen LogP contribution in [0.4, 0.5) is 0 Å². The third-order valence-electron chi connectivity index (χ3n) is 1.56. The van der Waals surface area contributed by atoms with Gasteiger partial charge in [0.25, 0.3) is 0 Å². The summed E-state index contributed by atoms with van der Waals surface area (Å²) >= 11 is 5.52. The zero-order chi connectivity index (χ0) is 10.1. The van der Waals surface area contributed by atoms with Crippen molar-refractivity contribution in [2.24, 2.45) is 0 Å². The normalized spacial score (nSPS) is 9.92. The quantitative estimate of drug-likeness (QED) is 0.596. The fourth-order valence-corrected chi connectivity index (χ4v) is 1.02. The molecule has 2 N–H and O–H groups in total. The highest BCUT2D eigenvalue weighted by atomic mass is 35.5. The highest BCUT2D eigenvalue weighted by molar-refractivity contribution is 6.29. The zero-order valence-corrected chi connectivity index (χ0v) is 8.44. The van der Waals surface area contributed by atoms with Gasteiger partial charge >= 0.3 is 5.97 Å². The van der Waals surface area contributed by atoms with Gasteiger partial charge < -0.3 is 10.4 Å². The van der Waals surface area contributed by atoms with Gasteiger partial charge in [0.15, 0.2) is 0 Å². The number of rotatable bonds is 8. The predicted octanol–water partition coefficient (Wildman–Crippen LogP) is 1.97. The first-order valence-corrected chi connectivity index (χ1v) is 4.76. The highest BCUT2D eigenvalue weighted by Crippen LogP contribution is 1.99. The minimum atomic E-state index is -0.720. The summed E-state index contributed by atoms with van der Waals surface area (Å²) in [5.41, 5.74) is 0. The van der Waals surface area contributed by atoms with Crippen molar-refractivity contribution in [3.63, 3.8) is 0 Å². The van der Waals surface area contributed by atoms with Gasteiger partial charge in [-0.2, -0.15) is 0 Å². The van der Waals surface area contributed by atoms with E-state index in [-0.39, 0.29) is 6.42 Å². The molecule has 4 heteroatoms. The third-order valence-corrected chi connectivity index (χ3v) is 1.69. The first kappa shape index (κ1) is 12.5. The molecule has 0 aliphatic rings. The van der Waals surface area contributed by atoms with Crippen LogP contribution in [0, 0.1) is 0 Å². The van der Waals surface area contributed by atoms with Gasteiger partial charge in [-0.05, 0) is 19.4 Å². The topological polar surface area (TPSA) is 49.3 Å². The lowest BCUT2D eigenvalue weighted by atomic mass is 10.2. The Hall–Kier alpha value is -0.540. The van der Waals surface area contributed by atoms with Crippen LogP contribution in [-0.2, 0) is 4.79 Å². The van der Waals surface area contributed by atoms with Crippen molar-refractivity contribution in [3.8, 4) is 0 Å². The molecule has 0 amide bonds. The second-order valence-electron chi connectivity index (χ2n) is 2.90. The standard InChI is InChI=1S/C9H16ClNO2/c1-8(10)7-11-6-4-2-3-5-9(12)13/h11H,1-7H2,(H,12,13). The maximum Gasteiger partial charge on any atom is 0.303 e. The molecule has 0 radical (unpaired) electrons. The van der Waals surface area contributed by atoms with E-state index < -0.39 is 5.97 Å². The molecule has 0 bridgehead atoms. The Morgan fingerprint density at radius 3 is 2.62 bits per heavy atom. The van der Waals surface area contributed by atoms with E-state index in [0.29, 0.717) is 11.6 Å². The first-order valence-electron chi connectivity index (χ1n) is 4.38. The Labute approximate surface area is 83.8 Å². The Kier molecular flexibility index (Phi) is 7.74. The highest BCUT2D eigenvalue weighted by Gasteiger charge is 1.95. The molecule has 0 unspecified atom stereocenters. The van der Waals surface area contributed by atoms with Gasteiger partial charge in [-0.25, -0.2) is 0 Å². The number of hydrogen-bond acceptors (Lipinski definition) is 2. The van der Waals surface area contributed by atoms with Crippen molar-refractivity contribution in [1.82, 2.24) is 5.32 Å². The molecule has 0 aromatic carbocycles. The van der Waals surface area contributed by atoms with Crippen molar-refractivity contribution in [2.75, 3.05) is 13.1 Å². The van der Waals surface area contributed by atoms with E-state index in [2.05, 4.69) is 11.9 Å². The van der Waals surface area contributed by atoms with Gasteiger partial charge in [0.1, 0.15) is 0 Å². The van der Waals surface area contributed by atoms with Crippen molar-refractivity contribution >= 4 is 17.6 Å². The first-order chi connectivity index (χ1) is 6.13. The zero-order valence-electron chi connectivity index (χ0n) is 7.68. The second-order valence-corrected chi connectivity index (χ2v) is 3.43. The maximum atomic E-state index is 10.1. The molecule has 0 saturated heterocycles. The number of halogens is 1. The second kappa shape index (κ2) is 8.08. The fraction of sp³-hybridized carbons (Fsp3) is 0.667. The minimum absolute atomic E-state index is 0.266. The molecule has 0 atom stereocenters. The van der Waals surface area contributed by atoms with Gasteiger partial charge in [0, 0.05) is 18.0 Å². The molecule has 3 nitrogen and oxygen atoms in total. The van der Waals surface area contributed by atoms with E-state index in [1.165, 1.54) is 0 Å². The summed E-state index contributed by atoms with van der Waals surface area (Å²) in [5.74, 6) is -0.720. The van der Waals surface area contributed by atoms with Crippen molar-refractivity contribution < 1.29 is 9.90 Å². The fourth-order valence-electron chi connectivity index (χ4n) is 0.927. The summed E-state index contributed by atoms with van der Waals surface area (Å²) in [7, 11) is 0. The van der Waals surface area contributed by atoms with Gasteiger partial charge in [0.2, 0.25) is 0 Å². The molecule has 0 saturated carbocycles. The molecule has 0 heterocycles. The molecule has 13 heavy (non-hydrogen) atoms. The molecular weight excluding hydrogens is 190 g/mol. The lowest BCUT2D eigenvalue weighted by molar-refractivity contribution is -0.137. The smallest absolute Gasteiger partial charge is 0.303 e.